The topological polar surface area (TPSA) is 73.5 Å². The first kappa shape index (κ1) is 24.3. The van der Waals surface area contributed by atoms with Gasteiger partial charge in [0.1, 0.15) is 12.4 Å². The Morgan fingerprint density at radius 3 is 2.62 bits per heavy atom. The second kappa shape index (κ2) is 12.6. The highest BCUT2D eigenvalue weighted by Gasteiger charge is 2.30. The number of benzene rings is 1. The predicted octanol–water partition coefficient (Wildman–Crippen LogP) is 3.40. The van der Waals surface area contributed by atoms with Crippen molar-refractivity contribution in [3.05, 3.63) is 47.8 Å². The van der Waals surface area contributed by atoms with Crippen LogP contribution in [0.5, 0.6) is 5.75 Å². The Kier molecular flexibility index (Phi) is 9.56. The normalized spacial score (nSPS) is 18.6. The Morgan fingerprint density at radius 1 is 1.19 bits per heavy atom. The molecular weight excluding hydrogens is 402 g/mol. The van der Waals surface area contributed by atoms with Crippen LogP contribution in [0.3, 0.4) is 0 Å². The van der Waals surface area contributed by atoms with Gasteiger partial charge in [0.15, 0.2) is 0 Å². The maximum absolute atomic E-state index is 12.7. The van der Waals surface area contributed by atoms with Crippen molar-refractivity contribution in [3.8, 4) is 5.75 Å². The van der Waals surface area contributed by atoms with Crippen LogP contribution in [0.15, 0.2) is 36.5 Å². The molecule has 7 heteroatoms. The molecule has 1 amide bonds. The number of nitrogens with one attached hydrogen (secondary N) is 2. The van der Waals surface area contributed by atoms with Gasteiger partial charge in [-0.15, -0.1) is 0 Å². The van der Waals surface area contributed by atoms with E-state index in [4.69, 9.17) is 4.74 Å². The summed E-state index contributed by atoms with van der Waals surface area (Å²) in [5.41, 5.74) is 2.50. The van der Waals surface area contributed by atoms with Crippen molar-refractivity contribution in [1.29, 1.82) is 0 Å². The highest BCUT2D eigenvalue weighted by Crippen LogP contribution is 2.35. The van der Waals surface area contributed by atoms with E-state index in [1.54, 1.807) is 0 Å². The lowest BCUT2D eigenvalue weighted by atomic mass is 9.82. The Balaban J connectivity index is 1.53. The molecule has 0 radical (unpaired) electrons. The van der Waals surface area contributed by atoms with Crippen molar-refractivity contribution < 1.29 is 9.53 Å². The summed E-state index contributed by atoms with van der Waals surface area (Å²) in [4.78, 5) is 17.0. The van der Waals surface area contributed by atoms with Crippen LogP contribution < -0.4 is 10.1 Å². The molecule has 0 saturated heterocycles. The Morgan fingerprint density at radius 2 is 1.94 bits per heavy atom. The van der Waals surface area contributed by atoms with Gasteiger partial charge in [0.25, 0.3) is 0 Å². The molecular formula is C25H39N5O2. The average Bonchev–Trinajstić information content (AvgIpc) is 3.29. The van der Waals surface area contributed by atoms with Gasteiger partial charge >= 0.3 is 0 Å². The van der Waals surface area contributed by atoms with Crippen LogP contribution in [0.1, 0.15) is 56.2 Å². The zero-order valence-corrected chi connectivity index (χ0v) is 19.8. The maximum Gasteiger partial charge on any atom is 0.222 e. The molecule has 3 rings (SSSR count). The molecule has 1 fully saturated rings. The monoisotopic (exact) mass is 441 g/mol. The lowest BCUT2D eigenvalue weighted by Crippen LogP contribution is -2.44. The van der Waals surface area contributed by atoms with Crippen LogP contribution in [0.4, 0.5) is 0 Å². The van der Waals surface area contributed by atoms with Gasteiger partial charge in [0.05, 0.1) is 12.2 Å². The third-order valence-corrected chi connectivity index (χ3v) is 6.43. The lowest BCUT2D eigenvalue weighted by Gasteiger charge is -2.37. The van der Waals surface area contributed by atoms with E-state index in [2.05, 4.69) is 32.4 Å². The number of hydrogen-bond acceptors (Lipinski definition) is 5. The molecule has 1 saturated carbocycles. The molecule has 0 atom stereocenters. The van der Waals surface area contributed by atoms with Crippen LogP contribution in [-0.2, 0) is 11.3 Å². The molecule has 1 aromatic carbocycles. The number of aromatic nitrogens is 2. The first-order chi connectivity index (χ1) is 15.6. The van der Waals surface area contributed by atoms with E-state index in [0.29, 0.717) is 31.5 Å². The second-order valence-corrected chi connectivity index (χ2v) is 8.74. The molecule has 2 aromatic rings. The highest BCUT2D eigenvalue weighted by molar-refractivity contribution is 5.76. The predicted molar refractivity (Wildman–Crippen MR) is 128 cm³/mol. The second-order valence-electron chi connectivity index (χ2n) is 8.74. The van der Waals surface area contributed by atoms with Gasteiger partial charge in [-0.2, -0.15) is 5.10 Å². The minimum absolute atomic E-state index is 0.219. The Hall–Kier alpha value is -2.38. The van der Waals surface area contributed by atoms with E-state index in [1.807, 2.05) is 50.5 Å². The van der Waals surface area contributed by atoms with E-state index < -0.39 is 0 Å². The summed E-state index contributed by atoms with van der Waals surface area (Å²) in [5, 5.41) is 10.9. The SMILES string of the molecule is CCC(=O)N(CCOc1ccccc1)[C@H]1CC[C@@H](c2n[nH]cc2CN(C)CCNC)CC1. The fraction of sp³-hybridized carbons (Fsp3) is 0.600. The number of para-hydroxylation sites is 1. The molecule has 1 aromatic heterocycles. The number of H-pyrrole nitrogens is 1. The molecule has 2 N–H and O–H groups in total. The standard InChI is InChI=1S/C25H39N5O2/c1-4-24(31)30(16-17-32-23-8-6-5-7-9-23)22-12-10-20(11-13-22)25-21(18-27-28-25)19-29(3)15-14-26-2/h5-9,18,20,22,26H,4,10-17,19H2,1-3H3,(H,27,28)/t20-,22+. The number of amides is 1. The minimum Gasteiger partial charge on any atom is -0.492 e. The lowest BCUT2D eigenvalue weighted by molar-refractivity contribution is -0.134. The van der Waals surface area contributed by atoms with Crippen molar-refractivity contribution >= 4 is 5.91 Å². The molecule has 0 aliphatic heterocycles. The number of aromatic amines is 1. The van der Waals surface area contributed by atoms with Crippen LogP contribution in [0.2, 0.25) is 0 Å². The van der Waals surface area contributed by atoms with E-state index in [1.165, 1.54) is 11.3 Å². The molecule has 7 nitrogen and oxygen atoms in total. The number of carbonyl (C=O) groups is 1. The summed E-state index contributed by atoms with van der Waals surface area (Å²) < 4.78 is 5.87. The Labute approximate surface area is 192 Å². The van der Waals surface area contributed by atoms with Gasteiger partial charge in [-0.3, -0.25) is 9.89 Å². The maximum atomic E-state index is 12.7. The molecule has 0 bridgehead atoms. The molecule has 1 aliphatic carbocycles. The van der Waals surface area contributed by atoms with Gasteiger partial charge in [0, 0.05) is 49.8 Å². The van der Waals surface area contributed by atoms with Crippen molar-refractivity contribution in [3.63, 3.8) is 0 Å². The third kappa shape index (κ3) is 6.81. The van der Waals surface area contributed by atoms with Crippen molar-refractivity contribution in [1.82, 2.24) is 25.3 Å². The number of rotatable bonds is 12. The average molecular weight is 442 g/mol. The summed E-state index contributed by atoms with van der Waals surface area (Å²) in [5.74, 6) is 1.53. The first-order valence-corrected chi connectivity index (χ1v) is 11.9. The van der Waals surface area contributed by atoms with Crippen LogP contribution in [0.25, 0.3) is 0 Å². The molecule has 176 valence electrons. The van der Waals surface area contributed by atoms with Crippen molar-refractivity contribution in [2.75, 3.05) is 40.3 Å². The summed E-state index contributed by atoms with van der Waals surface area (Å²) in [6, 6.07) is 10.1. The third-order valence-electron chi connectivity index (χ3n) is 6.43. The number of likely N-dealkylation sites (N-methyl/N-ethyl adjacent to an activating group) is 2. The summed E-state index contributed by atoms with van der Waals surface area (Å²) in [6.07, 6.45) is 6.75. The van der Waals surface area contributed by atoms with E-state index in [9.17, 15) is 4.79 Å². The van der Waals surface area contributed by atoms with E-state index >= 15 is 0 Å². The van der Waals surface area contributed by atoms with Gasteiger partial charge in [-0.05, 0) is 51.9 Å². The molecule has 32 heavy (non-hydrogen) atoms. The highest BCUT2D eigenvalue weighted by atomic mass is 16.5. The number of carbonyl (C=O) groups excluding carboxylic acids is 1. The molecule has 1 aliphatic rings. The largest absolute Gasteiger partial charge is 0.492 e. The van der Waals surface area contributed by atoms with Crippen LogP contribution in [-0.4, -0.2) is 72.3 Å². The quantitative estimate of drug-likeness (QED) is 0.528. The summed E-state index contributed by atoms with van der Waals surface area (Å²) in [7, 11) is 4.13. The fourth-order valence-corrected chi connectivity index (χ4v) is 4.63. The Bertz CT molecular complexity index is 802. The first-order valence-electron chi connectivity index (χ1n) is 11.9. The van der Waals surface area contributed by atoms with Gasteiger partial charge < -0.3 is 19.9 Å². The van der Waals surface area contributed by atoms with Gasteiger partial charge in [-0.25, -0.2) is 0 Å². The zero-order valence-electron chi connectivity index (χ0n) is 19.8. The van der Waals surface area contributed by atoms with Crippen LogP contribution in [0, 0.1) is 0 Å². The zero-order chi connectivity index (χ0) is 22.8. The number of ether oxygens (including phenoxy) is 1. The summed E-state index contributed by atoms with van der Waals surface area (Å²) in [6.45, 7) is 6.00. The van der Waals surface area contributed by atoms with Crippen molar-refractivity contribution in [2.45, 2.75) is 57.5 Å². The van der Waals surface area contributed by atoms with Crippen LogP contribution >= 0.6 is 0 Å². The molecule has 1 heterocycles. The summed E-state index contributed by atoms with van der Waals surface area (Å²) >= 11 is 0. The molecule has 0 spiro atoms. The minimum atomic E-state index is 0.219. The van der Waals surface area contributed by atoms with Crippen molar-refractivity contribution in [2.24, 2.45) is 0 Å². The van der Waals surface area contributed by atoms with Gasteiger partial charge in [-0.1, -0.05) is 25.1 Å². The fourth-order valence-electron chi connectivity index (χ4n) is 4.63. The smallest absolute Gasteiger partial charge is 0.222 e. The van der Waals surface area contributed by atoms with E-state index in [-0.39, 0.29) is 5.91 Å². The van der Waals surface area contributed by atoms with E-state index in [0.717, 1.165) is 51.1 Å². The molecule has 0 unspecified atom stereocenters. The number of nitrogens with zero attached hydrogens (tertiary/aromatic N) is 3. The van der Waals surface area contributed by atoms with Gasteiger partial charge in [0.2, 0.25) is 5.91 Å². The number of hydrogen-bond donors (Lipinski definition) is 2.